The van der Waals surface area contributed by atoms with Crippen molar-refractivity contribution >= 4 is 23.3 Å². The number of carbonyl (C=O) groups excluding carboxylic acids is 2. The van der Waals surface area contributed by atoms with Crippen LogP contribution in [-0.4, -0.2) is 41.9 Å². The molecule has 2 N–H and O–H groups in total. The van der Waals surface area contributed by atoms with Crippen molar-refractivity contribution in [3.8, 4) is 10.7 Å². The molecule has 0 radical (unpaired) electrons. The predicted octanol–water partition coefficient (Wildman–Crippen LogP) is 0.0370. The van der Waals surface area contributed by atoms with Crippen LogP contribution < -0.4 is 16.4 Å². The number of imide groups is 1. The Hall–Kier alpha value is -2.46. The molecule has 2 aromatic rings. The molecule has 0 bridgehead atoms. The monoisotopic (exact) mass is 326 g/mol. The Morgan fingerprint density at radius 2 is 2.32 bits per heavy atom. The van der Waals surface area contributed by atoms with E-state index in [0.29, 0.717) is 11.5 Å². The Labute approximate surface area is 128 Å². The molecular weight excluding hydrogens is 312 g/mol. The molecule has 9 nitrogen and oxygen atoms in total. The lowest BCUT2D eigenvalue weighted by Crippen LogP contribution is -2.42. The normalized spacial score (nSPS) is 10.4. The molecule has 0 aromatic carbocycles. The van der Waals surface area contributed by atoms with Crippen LogP contribution >= 0.6 is 11.3 Å². The lowest BCUT2D eigenvalue weighted by atomic mass is 10.4. The van der Waals surface area contributed by atoms with Crippen molar-refractivity contribution in [2.45, 2.75) is 6.54 Å². The molecular formula is C12H14N4O5S. The maximum Gasteiger partial charge on any atom is 0.442 e. The van der Waals surface area contributed by atoms with Gasteiger partial charge in [0, 0.05) is 13.7 Å². The summed E-state index contributed by atoms with van der Waals surface area (Å²) in [6.07, 6.45) is 0. The smallest absolute Gasteiger partial charge is 0.383 e. The van der Waals surface area contributed by atoms with E-state index in [-0.39, 0.29) is 18.9 Å². The van der Waals surface area contributed by atoms with E-state index in [2.05, 4.69) is 20.3 Å². The van der Waals surface area contributed by atoms with Gasteiger partial charge in [0.2, 0.25) is 5.91 Å². The number of nitrogens with one attached hydrogen (secondary N) is 2. The molecule has 3 amide bonds. The fourth-order valence-electron chi connectivity index (χ4n) is 1.61. The quantitative estimate of drug-likeness (QED) is 0.724. The number of ether oxygens (including phenoxy) is 1. The molecule has 0 saturated carbocycles. The molecule has 0 unspecified atom stereocenters. The summed E-state index contributed by atoms with van der Waals surface area (Å²) in [5.74, 6) is -1.17. The Morgan fingerprint density at radius 1 is 1.50 bits per heavy atom. The van der Waals surface area contributed by atoms with Crippen LogP contribution in [0.1, 0.15) is 0 Å². The van der Waals surface area contributed by atoms with Crippen LogP contribution in [0.3, 0.4) is 0 Å². The van der Waals surface area contributed by atoms with Gasteiger partial charge in [-0.1, -0.05) is 11.2 Å². The minimum Gasteiger partial charge on any atom is -0.383 e. The van der Waals surface area contributed by atoms with Crippen LogP contribution in [0, 0.1) is 0 Å². The number of thiophene rings is 1. The standard InChI is InChI=1S/C12H14N4O5S/c1-20-5-4-13-11(18)14-9(17)7-16-10(15-21-12(16)19)8-3-2-6-22-8/h2-3,6H,4-5,7H2,1H3,(H2,13,14,17,18). The van der Waals surface area contributed by atoms with E-state index in [1.807, 2.05) is 5.38 Å². The first kappa shape index (κ1) is 15.9. The highest BCUT2D eigenvalue weighted by Gasteiger charge is 2.17. The Morgan fingerprint density at radius 3 is 3.00 bits per heavy atom. The van der Waals surface area contributed by atoms with Crippen LogP contribution in [0.15, 0.2) is 26.8 Å². The van der Waals surface area contributed by atoms with Gasteiger partial charge in [-0.2, -0.15) is 0 Å². The van der Waals surface area contributed by atoms with Gasteiger partial charge in [-0.3, -0.25) is 14.6 Å². The molecule has 2 rings (SSSR count). The fourth-order valence-corrected chi connectivity index (χ4v) is 2.32. The van der Waals surface area contributed by atoms with Gasteiger partial charge in [0.1, 0.15) is 6.54 Å². The van der Waals surface area contributed by atoms with Gasteiger partial charge < -0.3 is 10.1 Å². The minimum absolute atomic E-state index is 0.245. The number of aromatic nitrogens is 2. The minimum atomic E-state index is -0.765. The number of nitrogens with zero attached hydrogens (tertiary/aromatic N) is 2. The zero-order valence-corrected chi connectivity index (χ0v) is 12.5. The van der Waals surface area contributed by atoms with Gasteiger partial charge in [-0.15, -0.1) is 11.3 Å². The lowest BCUT2D eigenvalue weighted by Gasteiger charge is -2.06. The average molecular weight is 326 g/mol. The van der Waals surface area contributed by atoms with Gasteiger partial charge in [-0.05, 0) is 11.4 Å². The van der Waals surface area contributed by atoms with Crippen LogP contribution in [0.4, 0.5) is 4.79 Å². The van der Waals surface area contributed by atoms with E-state index < -0.39 is 17.7 Å². The highest BCUT2D eigenvalue weighted by Crippen LogP contribution is 2.21. The third-order valence-corrected chi connectivity index (χ3v) is 3.44. The summed E-state index contributed by atoms with van der Waals surface area (Å²) >= 11 is 1.35. The van der Waals surface area contributed by atoms with Crippen LogP contribution in [0.2, 0.25) is 0 Å². The number of urea groups is 1. The number of amides is 3. The second kappa shape index (κ2) is 7.52. The second-order valence-electron chi connectivity index (χ2n) is 4.13. The molecule has 0 fully saturated rings. The topological polar surface area (TPSA) is 115 Å². The molecule has 2 aromatic heterocycles. The fraction of sp³-hybridized carbons (Fsp3) is 0.333. The molecule has 0 saturated heterocycles. The average Bonchev–Trinajstić information content (AvgIpc) is 3.10. The van der Waals surface area contributed by atoms with Crippen molar-refractivity contribution in [3.63, 3.8) is 0 Å². The third-order valence-electron chi connectivity index (χ3n) is 2.57. The molecule has 0 spiro atoms. The van der Waals surface area contributed by atoms with Crippen molar-refractivity contribution in [1.29, 1.82) is 0 Å². The summed E-state index contributed by atoms with van der Waals surface area (Å²) in [7, 11) is 1.50. The molecule has 2 heterocycles. The number of hydrogen-bond donors (Lipinski definition) is 2. The van der Waals surface area contributed by atoms with Crippen LogP contribution in [-0.2, 0) is 16.1 Å². The maximum absolute atomic E-state index is 11.8. The molecule has 0 atom stereocenters. The SMILES string of the molecule is COCCNC(=O)NC(=O)Cn1c(-c2cccs2)noc1=O. The lowest BCUT2D eigenvalue weighted by molar-refractivity contribution is -0.120. The first-order valence-electron chi connectivity index (χ1n) is 6.29. The maximum atomic E-state index is 11.8. The molecule has 0 aliphatic heterocycles. The number of carbonyl (C=O) groups is 2. The van der Waals surface area contributed by atoms with Crippen molar-refractivity contribution in [2.75, 3.05) is 20.3 Å². The van der Waals surface area contributed by atoms with Crippen LogP contribution in [0.5, 0.6) is 0 Å². The van der Waals surface area contributed by atoms with Crippen molar-refractivity contribution < 1.29 is 18.8 Å². The number of rotatable bonds is 6. The predicted molar refractivity (Wildman–Crippen MR) is 77.5 cm³/mol. The van der Waals surface area contributed by atoms with E-state index in [0.717, 1.165) is 4.57 Å². The Bertz CT molecular complexity index is 691. The molecule has 0 aliphatic carbocycles. The van der Waals surface area contributed by atoms with Crippen molar-refractivity contribution in [3.05, 3.63) is 28.1 Å². The van der Waals surface area contributed by atoms with Crippen LogP contribution in [0.25, 0.3) is 10.7 Å². The highest BCUT2D eigenvalue weighted by atomic mass is 32.1. The van der Waals surface area contributed by atoms with E-state index in [9.17, 15) is 14.4 Å². The first-order chi connectivity index (χ1) is 10.6. The van der Waals surface area contributed by atoms with E-state index in [1.165, 1.54) is 18.4 Å². The first-order valence-corrected chi connectivity index (χ1v) is 7.16. The molecule has 0 aliphatic rings. The van der Waals surface area contributed by atoms with Gasteiger partial charge in [0.15, 0.2) is 5.82 Å². The summed E-state index contributed by atoms with van der Waals surface area (Å²) < 4.78 is 10.4. The number of methoxy groups -OCH3 is 1. The summed E-state index contributed by atoms with van der Waals surface area (Å²) in [6, 6.07) is 2.87. The highest BCUT2D eigenvalue weighted by molar-refractivity contribution is 7.13. The summed E-state index contributed by atoms with van der Waals surface area (Å²) in [6.45, 7) is 0.228. The zero-order valence-electron chi connectivity index (χ0n) is 11.7. The summed E-state index contributed by atoms with van der Waals surface area (Å²) in [4.78, 5) is 35.5. The van der Waals surface area contributed by atoms with E-state index in [1.54, 1.807) is 12.1 Å². The number of hydrogen-bond acceptors (Lipinski definition) is 7. The summed E-state index contributed by atoms with van der Waals surface area (Å²) in [5, 5.41) is 9.98. The summed E-state index contributed by atoms with van der Waals surface area (Å²) in [5.41, 5.74) is 0. The van der Waals surface area contributed by atoms with Gasteiger partial charge >= 0.3 is 11.8 Å². The van der Waals surface area contributed by atoms with Gasteiger partial charge in [0.25, 0.3) is 0 Å². The Kier molecular flexibility index (Phi) is 5.44. The molecule has 118 valence electrons. The van der Waals surface area contributed by atoms with Gasteiger partial charge in [-0.25, -0.2) is 14.2 Å². The van der Waals surface area contributed by atoms with Gasteiger partial charge in [0.05, 0.1) is 11.5 Å². The third kappa shape index (κ3) is 4.02. The second-order valence-corrected chi connectivity index (χ2v) is 5.08. The van der Waals surface area contributed by atoms with E-state index >= 15 is 0 Å². The van der Waals surface area contributed by atoms with Crippen molar-refractivity contribution in [2.24, 2.45) is 0 Å². The van der Waals surface area contributed by atoms with Crippen molar-refractivity contribution in [1.82, 2.24) is 20.4 Å². The Balaban J connectivity index is 1.99. The van der Waals surface area contributed by atoms with E-state index in [4.69, 9.17) is 4.74 Å². The molecule has 22 heavy (non-hydrogen) atoms. The largest absolute Gasteiger partial charge is 0.442 e. The molecule has 10 heteroatoms. The zero-order chi connectivity index (χ0) is 15.9.